The Morgan fingerprint density at radius 3 is 2.43 bits per heavy atom. The lowest BCUT2D eigenvalue weighted by Crippen LogP contribution is -2.43. The smallest absolute Gasteiger partial charge is 0.328 e. The van der Waals surface area contributed by atoms with E-state index in [9.17, 15) is 9.59 Å². The molecule has 1 aromatic carbocycles. The summed E-state index contributed by atoms with van der Waals surface area (Å²) in [7, 11) is 1.34. The molecule has 0 radical (unpaired) electrons. The van der Waals surface area contributed by atoms with Gasteiger partial charge in [0.1, 0.15) is 6.04 Å². The van der Waals surface area contributed by atoms with Gasteiger partial charge in [0.15, 0.2) is 0 Å². The van der Waals surface area contributed by atoms with Crippen molar-refractivity contribution in [1.29, 1.82) is 0 Å². The van der Waals surface area contributed by atoms with Crippen molar-refractivity contribution in [2.24, 2.45) is 0 Å². The van der Waals surface area contributed by atoms with E-state index in [4.69, 9.17) is 4.74 Å². The normalized spacial score (nSPS) is 11.8. The van der Waals surface area contributed by atoms with Gasteiger partial charge in [-0.25, -0.2) is 4.79 Å². The molecule has 0 unspecified atom stereocenters. The molecule has 4 nitrogen and oxygen atoms in total. The first kappa shape index (κ1) is 17.2. The van der Waals surface area contributed by atoms with Crippen LogP contribution in [0.1, 0.15) is 43.7 Å². The first-order valence-electron chi connectivity index (χ1n) is 7.49. The van der Waals surface area contributed by atoms with E-state index < -0.39 is 12.0 Å². The second-order valence-electron chi connectivity index (χ2n) is 5.29. The van der Waals surface area contributed by atoms with E-state index in [2.05, 4.69) is 12.2 Å². The number of carbonyl (C=O) groups excluding carboxylic acids is 2. The fraction of sp³-hybridized carbons (Fsp3) is 0.529. The van der Waals surface area contributed by atoms with Crippen molar-refractivity contribution in [3.63, 3.8) is 0 Å². The Hall–Kier alpha value is -1.84. The SMILES string of the molecule is CCCCCC(=O)N[C@@H](Cc1ccc(C)cc1)C(=O)OC. The van der Waals surface area contributed by atoms with Gasteiger partial charge in [-0.15, -0.1) is 0 Å². The average molecular weight is 291 g/mol. The molecule has 0 heterocycles. The molecule has 0 fully saturated rings. The van der Waals surface area contributed by atoms with Crippen LogP contribution in [0.5, 0.6) is 0 Å². The number of amides is 1. The number of rotatable bonds is 8. The van der Waals surface area contributed by atoms with Crippen molar-refractivity contribution in [2.45, 2.75) is 52.0 Å². The highest BCUT2D eigenvalue weighted by Gasteiger charge is 2.21. The maximum absolute atomic E-state index is 11.9. The monoisotopic (exact) mass is 291 g/mol. The van der Waals surface area contributed by atoms with Crippen molar-refractivity contribution in [3.8, 4) is 0 Å². The zero-order chi connectivity index (χ0) is 15.7. The molecule has 0 bridgehead atoms. The Bertz CT molecular complexity index is 454. The minimum atomic E-state index is -0.619. The molecular formula is C17H25NO3. The molecule has 0 aliphatic rings. The first-order valence-corrected chi connectivity index (χ1v) is 7.49. The van der Waals surface area contributed by atoms with E-state index in [-0.39, 0.29) is 5.91 Å². The van der Waals surface area contributed by atoms with Crippen molar-refractivity contribution in [3.05, 3.63) is 35.4 Å². The van der Waals surface area contributed by atoms with Crippen molar-refractivity contribution in [1.82, 2.24) is 5.32 Å². The minimum Gasteiger partial charge on any atom is -0.467 e. The largest absolute Gasteiger partial charge is 0.467 e. The molecule has 0 aliphatic heterocycles. The van der Waals surface area contributed by atoms with Gasteiger partial charge >= 0.3 is 5.97 Å². The molecule has 0 saturated heterocycles. The Balaban J connectivity index is 2.61. The Kier molecular flexibility index (Phi) is 7.51. The number of benzene rings is 1. The quantitative estimate of drug-likeness (QED) is 0.592. The lowest BCUT2D eigenvalue weighted by atomic mass is 10.0. The van der Waals surface area contributed by atoms with Crippen LogP contribution in [-0.2, 0) is 20.7 Å². The third-order valence-electron chi connectivity index (χ3n) is 3.39. The van der Waals surface area contributed by atoms with Crippen molar-refractivity contribution >= 4 is 11.9 Å². The molecular weight excluding hydrogens is 266 g/mol. The maximum Gasteiger partial charge on any atom is 0.328 e. The third-order valence-corrected chi connectivity index (χ3v) is 3.39. The van der Waals surface area contributed by atoms with Gasteiger partial charge in [-0.05, 0) is 18.9 Å². The number of nitrogens with one attached hydrogen (secondary N) is 1. The average Bonchev–Trinajstić information content (AvgIpc) is 2.48. The zero-order valence-corrected chi connectivity index (χ0v) is 13.1. The van der Waals surface area contributed by atoms with Crippen LogP contribution in [0.3, 0.4) is 0 Å². The Morgan fingerprint density at radius 2 is 1.86 bits per heavy atom. The number of hydrogen-bond acceptors (Lipinski definition) is 3. The lowest BCUT2D eigenvalue weighted by Gasteiger charge is -2.16. The molecule has 0 aromatic heterocycles. The summed E-state index contributed by atoms with van der Waals surface area (Å²) in [5.41, 5.74) is 2.17. The molecule has 0 spiro atoms. The molecule has 1 amide bonds. The Morgan fingerprint density at radius 1 is 1.19 bits per heavy atom. The van der Waals surface area contributed by atoms with Crippen LogP contribution >= 0.6 is 0 Å². The summed E-state index contributed by atoms with van der Waals surface area (Å²) in [5, 5.41) is 2.78. The number of ether oxygens (including phenoxy) is 1. The third kappa shape index (κ3) is 6.43. The first-order chi connectivity index (χ1) is 10.1. The number of carbonyl (C=O) groups is 2. The molecule has 0 saturated carbocycles. The molecule has 0 aliphatic carbocycles. The van der Waals surface area contributed by atoms with Crippen LogP contribution < -0.4 is 5.32 Å². The summed E-state index contributed by atoms with van der Waals surface area (Å²) in [4.78, 5) is 23.7. The van der Waals surface area contributed by atoms with Crippen molar-refractivity contribution in [2.75, 3.05) is 7.11 Å². The fourth-order valence-electron chi connectivity index (χ4n) is 2.10. The van der Waals surface area contributed by atoms with E-state index in [0.29, 0.717) is 12.8 Å². The van der Waals surface area contributed by atoms with Crippen LogP contribution in [0.4, 0.5) is 0 Å². The summed E-state index contributed by atoms with van der Waals surface area (Å²) < 4.78 is 4.78. The van der Waals surface area contributed by atoms with E-state index in [1.807, 2.05) is 31.2 Å². The molecule has 21 heavy (non-hydrogen) atoms. The highest BCUT2D eigenvalue weighted by molar-refractivity contribution is 5.84. The summed E-state index contributed by atoms with van der Waals surface area (Å²) in [6.45, 7) is 4.10. The maximum atomic E-state index is 11.9. The number of hydrogen-bond donors (Lipinski definition) is 1. The molecule has 1 N–H and O–H groups in total. The standard InChI is InChI=1S/C17H25NO3/c1-4-5-6-7-16(19)18-15(17(20)21-3)12-14-10-8-13(2)9-11-14/h8-11,15H,4-7,12H2,1-3H3,(H,18,19)/t15-/m0/s1. The molecule has 116 valence electrons. The van der Waals surface area contributed by atoms with Crippen LogP contribution in [0.25, 0.3) is 0 Å². The van der Waals surface area contributed by atoms with Crippen LogP contribution in [0.15, 0.2) is 24.3 Å². The number of unbranched alkanes of at least 4 members (excludes halogenated alkanes) is 2. The van der Waals surface area contributed by atoms with Crippen LogP contribution in [-0.4, -0.2) is 25.0 Å². The summed E-state index contributed by atoms with van der Waals surface area (Å²) in [6, 6.07) is 7.30. The number of methoxy groups -OCH3 is 1. The lowest BCUT2D eigenvalue weighted by molar-refractivity contribution is -0.145. The number of aryl methyl sites for hydroxylation is 1. The fourth-order valence-corrected chi connectivity index (χ4v) is 2.10. The van der Waals surface area contributed by atoms with Gasteiger partial charge in [0.05, 0.1) is 7.11 Å². The van der Waals surface area contributed by atoms with Crippen molar-refractivity contribution < 1.29 is 14.3 Å². The summed E-state index contributed by atoms with van der Waals surface area (Å²) >= 11 is 0. The molecule has 1 rings (SSSR count). The second kappa shape index (κ2) is 9.16. The Labute approximate surface area is 126 Å². The van der Waals surface area contributed by atoms with Gasteiger partial charge in [-0.2, -0.15) is 0 Å². The molecule has 1 aromatic rings. The topological polar surface area (TPSA) is 55.4 Å². The van der Waals surface area contributed by atoms with Gasteiger partial charge in [-0.3, -0.25) is 4.79 Å². The predicted molar refractivity (Wildman–Crippen MR) is 83.0 cm³/mol. The zero-order valence-electron chi connectivity index (χ0n) is 13.1. The van der Waals surface area contributed by atoms with E-state index >= 15 is 0 Å². The minimum absolute atomic E-state index is 0.0917. The summed E-state index contributed by atoms with van der Waals surface area (Å²) in [5.74, 6) is -0.495. The number of esters is 1. The van der Waals surface area contributed by atoms with Crippen LogP contribution in [0, 0.1) is 6.92 Å². The van der Waals surface area contributed by atoms with Gasteiger partial charge < -0.3 is 10.1 Å². The highest BCUT2D eigenvalue weighted by Crippen LogP contribution is 2.08. The molecule has 1 atom stereocenters. The highest BCUT2D eigenvalue weighted by atomic mass is 16.5. The van der Waals surface area contributed by atoms with Gasteiger partial charge in [0.2, 0.25) is 5.91 Å². The molecule has 4 heteroatoms. The van der Waals surface area contributed by atoms with Crippen LogP contribution in [0.2, 0.25) is 0 Å². The van der Waals surface area contributed by atoms with Gasteiger partial charge in [0, 0.05) is 12.8 Å². The van der Waals surface area contributed by atoms with E-state index in [1.54, 1.807) is 0 Å². The van der Waals surface area contributed by atoms with E-state index in [1.165, 1.54) is 7.11 Å². The van der Waals surface area contributed by atoms with E-state index in [0.717, 1.165) is 30.4 Å². The predicted octanol–water partition coefficient (Wildman–Crippen LogP) is 2.78. The second-order valence-corrected chi connectivity index (χ2v) is 5.29. The summed E-state index contributed by atoms with van der Waals surface area (Å²) in [6.07, 6.45) is 3.84. The van der Waals surface area contributed by atoms with Gasteiger partial charge in [-0.1, -0.05) is 49.6 Å². The van der Waals surface area contributed by atoms with Gasteiger partial charge in [0.25, 0.3) is 0 Å².